The standard InChI is InChI=1S/C16H25N5O/c1-9(2)15-17-13-12(5)19-20(6)14(13)16(18-15)21-7-10(3)22-11(4)8-21/h9-11H,7-8H2,1-6H3/t10-,11-/m1/s1. The summed E-state index contributed by atoms with van der Waals surface area (Å²) in [6.07, 6.45) is 0.399. The monoisotopic (exact) mass is 303 g/mol. The van der Waals surface area contributed by atoms with Crippen LogP contribution < -0.4 is 4.90 Å². The molecule has 0 unspecified atom stereocenters. The first kappa shape index (κ1) is 15.2. The minimum atomic E-state index is 0.200. The lowest BCUT2D eigenvalue weighted by molar-refractivity contribution is -0.00540. The van der Waals surface area contributed by atoms with E-state index >= 15 is 0 Å². The van der Waals surface area contributed by atoms with Crippen molar-refractivity contribution in [3.63, 3.8) is 0 Å². The summed E-state index contributed by atoms with van der Waals surface area (Å²) in [5.74, 6) is 2.16. The van der Waals surface area contributed by atoms with E-state index in [9.17, 15) is 0 Å². The molecular formula is C16H25N5O. The van der Waals surface area contributed by atoms with Gasteiger partial charge in [0.25, 0.3) is 0 Å². The fraction of sp³-hybridized carbons (Fsp3) is 0.688. The van der Waals surface area contributed by atoms with Crippen molar-refractivity contribution in [1.29, 1.82) is 0 Å². The Kier molecular flexibility index (Phi) is 3.80. The van der Waals surface area contributed by atoms with E-state index in [1.54, 1.807) is 0 Å². The molecule has 1 fully saturated rings. The number of aryl methyl sites for hydroxylation is 2. The Morgan fingerprint density at radius 1 is 1.14 bits per heavy atom. The average molecular weight is 303 g/mol. The Balaban J connectivity index is 2.18. The van der Waals surface area contributed by atoms with E-state index < -0.39 is 0 Å². The summed E-state index contributed by atoms with van der Waals surface area (Å²) in [6, 6.07) is 0. The lowest BCUT2D eigenvalue weighted by Gasteiger charge is -2.36. The molecule has 0 spiro atoms. The van der Waals surface area contributed by atoms with Crippen molar-refractivity contribution in [3.8, 4) is 0 Å². The fourth-order valence-electron chi connectivity index (χ4n) is 3.16. The number of fused-ring (bicyclic) bond motifs is 1. The molecule has 0 aliphatic carbocycles. The number of hydrogen-bond acceptors (Lipinski definition) is 5. The number of anilines is 1. The smallest absolute Gasteiger partial charge is 0.158 e. The van der Waals surface area contributed by atoms with Crippen molar-refractivity contribution >= 4 is 16.9 Å². The number of aromatic nitrogens is 4. The molecule has 120 valence electrons. The molecule has 0 radical (unpaired) electrons. The van der Waals surface area contributed by atoms with Crippen LogP contribution >= 0.6 is 0 Å². The third kappa shape index (κ3) is 2.56. The Morgan fingerprint density at radius 3 is 2.36 bits per heavy atom. The van der Waals surface area contributed by atoms with Gasteiger partial charge in [-0.05, 0) is 20.8 Å². The summed E-state index contributed by atoms with van der Waals surface area (Å²) in [5, 5.41) is 4.54. The van der Waals surface area contributed by atoms with Gasteiger partial charge in [0.15, 0.2) is 5.82 Å². The largest absolute Gasteiger partial charge is 0.372 e. The molecule has 0 amide bonds. The second kappa shape index (κ2) is 5.50. The molecule has 0 aromatic carbocycles. The number of morpholine rings is 1. The molecule has 1 aliphatic rings. The van der Waals surface area contributed by atoms with Crippen molar-refractivity contribution in [2.45, 2.75) is 52.7 Å². The first-order valence-corrected chi connectivity index (χ1v) is 7.98. The Bertz CT molecular complexity index is 683. The van der Waals surface area contributed by atoms with Crippen LogP contribution in [-0.2, 0) is 11.8 Å². The van der Waals surface area contributed by atoms with Crippen molar-refractivity contribution in [3.05, 3.63) is 11.5 Å². The second-order valence-electron chi connectivity index (χ2n) is 6.63. The maximum absolute atomic E-state index is 5.86. The van der Waals surface area contributed by atoms with Crippen LogP contribution in [0.4, 0.5) is 5.82 Å². The molecular weight excluding hydrogens is 278 g/mol. The molecule has 2 atom stereocenters. The molecule has 3 rings (SSSR count). The van der Waals surface area contributed by atoms with Crippen LogP contribution in [0, 0.1) is 6.92 Å². The number of nitrogens with zero attached hydrogens (tertiary/aromatic N) is 5. The average Bonchev–Trinajstić information content (AvgIpc) is 2.72. The maximum atomic E-state index is 5.86. The van der Waals surface area contributed by atoms with Crippen molar-refractivity contribution < 1.29 is 4.74 Å². The van der Waals surface area contributed by atoms with Crippen LogP contribution in [-0.4, -0.2) is 45.0 Å². The van der Waals surface area contributed by atoms with Crippen LogP contribution in [0.25, 0.3) is 11.0 Å². The Hall–Kier alpha value is -1.69. The molecule has 1 saturated heterocycles. The maximum Gasteiger partial charge on any atom is 0.158 e. The molecule has 22 heavy (non-hydrogen) atoms. The van der Waals surface area contributed by atoms with Crippen LogP contribution in [0.2, 0.25) is 0 Å². The van der Waals surface area contributed by atoms with Gasteiger partial charge in [-0.2, -0.15) is 5.10 Å². The van der Waals surface area contributed by atoms with Gasteiger partial charge < -0.3 is 9.64 Å². The summed E-state index contributed by atoms with van der Waals surface area (Å²) < 4.78 is 7.75. The van der Waals surface area contributed by atoms with E-state index in [2.05, 4.69) is 37.7 Å². The minimum Gasteiger partial charge on any atom is -0.372 e. The number of rotatable bonds is 2. The fourth-order valence-corrected chi connectivity index (χ4v) is 3.16. The van der Waals surface area contributed by atoms with Crippen LogP contribution in [0.15, 0.2) is 0 Å². The zero-order chi connectivity index (χ0) is 16.0. The first-order chi connectivity index (χ1) is 10.4. The van der Waals surface area contributed by atoms with Crippen LogP contribution in [0.3, 0.4) is 0 Å². The highest BCUT2D eigenvalue weighted by Gasteiger charge is 2.27. The molecule has 2 aromatic rings. The van der Waals surface area contributed by atoms with Crippen molar-refractivity contribution in [2.75, 3.05) is 18.0 Å². The highest BCUT2D eigenvalue weighted by atomic mass is 16.5. The zero-order valence-corrected chi connectivity index (χ0v) is 14.3. The summed E-state index contributed by atoms with van der Waals surface area (Å²) >= 11 is 0. The lowest BCUT2D eigenvalue weighted by Crippen LogP contribution is -2.46. The summed E-state index contributed by atoms with van der Waals surface area (Å²) in [7, 11) is 1.96. The van der Waals surface area contributed by atoms with Gasteiger partial charge in [-0.25, -0.2) is 9.97 Å². The summed E-state index contributed by atoms with van der Waals surface area (Å²) in [4.78, 5) is 11.9. The van der Waals surface area contributed by atoms with Gasteiger partial charge in [-0.15, -0.1) is 0 Å². The highest BCUT2D eigenvalue weighted by molar-refractivity contribution is 5.88. The van der Waals surface area contributed by atoms with E-state index in [-0.39, 0.29) is 12.2 Å². The molecule has 0 N–H and O–H groups in total. The van der Waals surface area contributed by atoms with Crippen molar-refractivity contribution in [2.24, 2.45) is 7.05 Å². The quantitative estimate of drug-likeness (QED) is 0.852. The van der Waals surface area contributed by atoms with Gasteiger partial charge in [-0.1, -0.05) is 13.8 Å². The molecule has 1 aliphatic heterocycles. The van der Waals surface area contributed by atoms with E-state index in [0.717, 1.165) is 41.5 Å². The van der Waals surface area contributed by atoms with Gasteiger partial charge in [0.1, 0.15) is 16.9 Å². The van der Waals surface area contributed by atoms with Gasteiger partial charge >= 0.3 is 0 Å². The second-order valence-corrected chi connectivity index (χ2v) is 6.63. The Labute approximate surface area is 131 Å². The molecule has 3 heterocycles. The normalized spacial score (nSPS) is 22.8. The first-order valence-electron chi connectivity index (χ1n) is 7.98. The molecule has 2 aromatic heterocycles. The zero-order valence-electron chi connectivity index (χ0n) is 14.3. The van der Waals surface area contributed by atoms with Crippen molar-refractivity contribution in [1.82, 2.24) is 19.7 Å². The lowest BCUT2D eigenvalue weighted by atomic mass is 10.2. The van der Waals surface area contributed by atoms with Gasteiger partial charge in [-0.3, -0.25) is 4.68 Å². The van der Waals surface area contributed by atoms with E-state index in [1.165, 1.54) is 0 Å². The summed E-state index contributed by atoms with van der Waals surface area (Å²) in [5.41, 5.74) is 2.93. The van der Waals surface area contributed by atoms with Gasteiger partial charge in [0.05, 0.1) is 17.9 Å². The van der Waals surface area contributed by atoms with Gasteiger partial charge in [0, 0.05) is 26.1 Å². The third-order valence-electron chi connectivity index (χ3n) is 4.08. The van der Waals surface area contributed by atoms with Crippen LogP contribution in [0.1, 0.15) is 45.1 Å². The van der Waals surface area contributed by atoms with E-state index in [4.69, 9.17) is 14.7 Å². The number of ether oxygens (including phenoxy) is 1. The highest BCUT2D eigenvalue weighted by Crippen LogP contribution is 2.29. The predicted octanol–water partition coefficient (Wildman–Crippen LogP) is 2.41. The molecule has 0 bridgehead atoms. The predicted molar refractivity (Wildman–Crippen MR) is 87.4 cm³/mol. The molecule has 6 heteroatoms. The topological polar surface area (TPSA) is 56.1 Å². The van der Waals surface area contributed by atoms with Gasteiger partial charge in [0.2, 0.25) is 0 Å². The van der Waals surface area contributed by atoms with E-state index in [0.29, 0.717) is 5.92 Å². The SMILES string of the molecule is Cc1nn(C)c2c(N3C[C@@H](C)O[C@H](C)C3)nc(C(C)C)nc12. The minimum absolute atomic E-state index is 0.200. The summed E-state index contributed by atoms with van der Waals surface area (Å²) in [6.45, 7) is 12.2. The van der Waals surface area contributed by atoms with Crippen LogP contribution in [0.5, 0.6) is 0 Å². The molecule has 6 nitrogen and oxygen atoms in total. The Morgan fingerprint density at radius 2 is 1.77 bits per heavy atom. The van der Waals surface area contributed by atoms with E-state index in [1.807, 2.05) is 18.7 Å². The molecule has 0 saturated carbocycles. The number of hydrogen-bond donors (Lipinski definition) is 0. The third-order valence-corrected chi connectivity index (χ3v) is 4.08.